The molecule has 0 aliphatic heterocycles. The fraction of sp³-hybridized carbons (Fsp3) is 0.333. The number of nitrogens with two attached hydrogens (primary N) is 4. The third-order valence-electron chi connectivity index (χ3n) is 0.167. The summed E-state index contributed by atoms with van der Waals surface area (Å²) in [7, 11) is 0. The molecule has 0 saturated heterocycles. The minimum absolute atomic E-state index is 0.417. The molecule has 82 valence electrons. The topological polar surface area (TPSA) is 183 Å². The molecule has 0 fully saturated rings. The zero-order valence-electron chi connectivity index (χ0n) is 7.94. The molecule has 0 aromatic carbocycles. The zero-order chi connectivity index (χ0) is 12.3. The summed E-state index contributed by atoms with van der Waals surface area (Å²) in [5, 5.41) is 27.5. The Morgan fingerprint density at radius 1 is 0.929 bits per heavy atom. The molecule has 0 atom stereocenters. The van der Waals surface area contributed by atoms with Crippen molar-refractivity contribution in [2.24, 2.45) is 11.5 Å². The molecule has 0 heterocycles. The van der Waals surface area contributed by atoms with Gasteiger partial charge in [-0.25, -0.2) is 0 Å². The molecule has 8 nitrogen and oxygen atoms in total. The fourth-order valence-corrected chi connectivity index (χ4v) is 0. The molecule has 0 bridgehead atoms. The quantitative estimate of drug-likeness (QED) is 0.173. The lowest BCUT2D eigenvalue weighted by Crippen LogP contribution is -2.43. The lowest BCUT2D eigenvalue weighted by atomic mass is 10.7. The predicted molar refractivity (Wildman–Crippen MR) is 43.6 cm³/mol. The third kappa shape index (κ3) is 220. The largest absolute Gasteiger partial charge is 0.543 e. The summed E-state index contributed by atoms with van der Waals surface area (Å²) in [5.74, 6) is -3.54. The number of carbonyl (C=O) groups excluding carboxylic acids is 2. The Labute approximate surface area is 80.5 Å². The van der Waals surface area contributed by atoms with Gasteiger partial charge in [0.15, 0.2) is 0 Å². The normalized spacial score (nSPS) is 6.71. The van der Waals surface area contributed by atoms with E-state index in [4.69, 9.17) is 42.1 Å². The van der Waals surface area contributed by atoms with E-state index in [-0.39, 0.29) is 0 Å². The summed E-state index contributed by atoms with van der Waals surface area (Å²) in [6.45, 7) is 3.28. The number of carboxylic acids is 2. The van der Waals surface area contributed by atoms with Gasteiger partial charge in [0.1, 0.15) is 0 Å². The van der Waals surface area contributed by atoms with Crippen LogP contribution in [0.1, 0.15) is 13.8 Å². The molecular formula is C6H14N4O4. The average Bonchev–Trinajstić information content (AvgIpc) is 1.83. The molecule has 0 rings (SSSR count). The molecule has 0 aromatic heterocycles. The van der Waals surface area contributed by atoms with E-state index in [1.54, 1.807) is 13.8 Å². The molecule has 8 N–H and O–H groups in total. The Morgan fingerprint density at radius 2 is 1.00 bits per heavy atom. The van der Waals surface area contributed by atoms with Gasteiger partial charge in [0.25, 0.3) is 0 Å². The summed E-state index contributed by atoms with van der Waals surface area (Å²) in [4.78, 5) is 17.9. The first-order valence-electron chi connectivity index (χ1n) is 3.22. The van der Waals surface area contributed by atoms with Crippen LogP contribution in [0.15, 0.2) is 0 Å². The maximum absolute atomic E-state index is 8.93. The summed E-state index contributed by atoms with van der Waals surface area (Å²) in [5.41, 5.74) is 9.61. The Hall–Kier alpha value is -2.12. The van der Waals surface area contributed by atoms with E-state index in [1.807, 2.05) is 0 Å². The monoisotopic (exact) mass is 206 g/mol. The number of amidine groups is 2. The number of carbonyl (C=O) groups is 2. The number of rotatable bonds is 0. The molecular weight excluding hydrogens is 192 g/mol. The highest BCUT2D eigenvalue weighted by Gasteiger charge is 1.75. The SMILES string of the molecule is CC(N)=[NH2+].CC(N)=[NH2+].O=C([O-])C(=O)[O-]. The van der Waals surface area contributed by atoms with E-state index in [0.717, 1.165) is 0 Å². The van der Waals surface area contributed by atoms with E-state index < -0.39 is 11.9 Å². The molecule has 0 radical (unpaired) electrons. The van der Waals surface area contributed by atoms with Crippen LogP contribution in [0.4, 0.5) is 0 Å². The van der Waals surface area contributed by atoms with Crippen LogP contribution in [0.3, 0.4) is 0 Å². The minimum atomic E-state index is -2.19. The summed E-state index contributed by atoms with van der Waals surface area (Å²) in [6.07, 6.45) is 0. The Kier molecular flexibility index (Phi) is 13.9. The van der Waals surface area contributed by atoms with Gasteiger partial charge in [0.2, 0.25) is 11.7 Å². The Morgan fingerprint density at radius 3 is 1.00 bits per heavy atom. The van der Waals surface area contributed by atoms with Crippen LogP contribution >= 0.6 is 0 Å². The first-order valence-corrected chi connectivity index (χ1v) is 3.22. The van der Waals surface area contributed by atoms with Gasteiger partial charge in [-0.1, -0.05) is 0 Å². The van der Waals surface area contributed by atoms with Crippen LogP contribution in [-0.2, 0) is 9.59 Å². The second kappa shape index (κ2) is 10.9. The highest BCUT2D eigenvalue weighted by atomic mass is 16.4. The molecule has 0 unspecified atom stereocenters. The average molecular weight is 206 g/mol. The van der Waals surface area contributed by atoms with Crippen LogP contribution in [0.25, 0.3) is 0 Å². The van der Waals surface area contributed by atoms with Crippen LogP contribution in [0, 0.1) is 0 Å². The second-order valence-corrected chi connectivity index (χ2v) is 2.06. The molecule has 14 heavy (non-hydrogen) atoms. The van der Waals surface area contributed by atoms with Gasteiger partial charge in [-0.05, 0) is 0 Å². The van der Waals surface area contributed by atoms with Crippen LogP contribution in [-0.4, -0.2) is 23.6 Å². The van der Waals surface area contributed by atoms with Crippen molar-refractivity contribution in [2.45, 2.75) is 13.8 Å². The van der Waals surface area contributed by atoms with Crippen molar-refractivity contribution in [3.05, 3.63) is 0 Å². The molecule has 0 aliphatic rings. The van der Waals surface area contributed by atoms with Crippen LogP contribution in [0.2, 0.25) is 0 Å². The van der Waals surface area contributed by atoms with Crippen LogP contribution < -0.4 is 32.5 Å². The molecule has 0 spiro atoms. The molecule has 8 heteroatoms. The standard InChI is InChI=1S/2C2H6N2.C2H2O4/c2*1-2(3)4;3-1(4)2(5)6/h2*1H3,(H3,3,4);(H,3,4)(H,5,6). The zero-order valence-corrected chi connectivity index (χ0v) is 7.94. The first-order chi connectivity index (χ1) is 6.11. The maximum atomic E-state index is 8.93. The van der Waals surface area contributed by atoms with E-state index in [2.05, 4.69) is 0 Å². The Bertz CT molecular complexity index is 194. The highest BCUT2D eigenvalue weighted by molar-refractivity contribution is 6.25. The van der Waals surface area contributed by atoms with Crippen LogP contribution in [0.5, 0.6) is 0 Å². The summed E-state index contributed by atoms with van der Waals surface area (Å²) >= 11 is 0. The van der Waals surface area contributed by atoms with Gasteiger partial charge in [0, 0.05) is 13.8 Å². The molecule has 0 aromatic rings. The lowest BCUT2D eigenvalue weighted by molar-refractivity contribution is -0.345. The summed E-state index contributed by atoms with van der Waals surface area (Å²) < 4.78 is 0. The number of hydrogen-bond acceptors (Lipinski definition) is 4. The van der Waals surface area contributed by atoms with Gasteiger partial charge in [0.05, 0.1) is 11.9 Å². The first kappa shape index (κ1) is 17.8. The van der Waals surface area contributed by atoms with Gasteiger partial charge in [-0.15, -0.1) is 0 Å². The lowest BCUT2D eigenvalue weighted by Gasteiger charge is -1.97. The van der Waals surface area contributed by atoms with E-state index >= 15 is 0 Å². The van der Waals surface area contributed by atoms with Crippen molar-refractivity contribution < 1.29 is 30.6 Å². The van der Waals surface area contributed by atoms with Gasteiger partial charge >= 0.3 is 0 Å². The van der Waals surface area contributed by atoms with Crippen molar-refractivity contribution in [1.29, 1.82) is 0 Å². The van der Waals surface area contributed by atoms with Crippen molar-refractivity contribution in [1.82, 2.24) is 0 Å². The molecule has 0 amide bonds. The molecule has 0 aliphatic carbocycles. The number of aliphatic carboxylic acids is 2. The number of carboxylic acid groups (broad SMARTS) is 2. The van der Waals surface area contributed by atoms with Gasteiger partial charge in [-0.3, -0.25) is 22.3 Å². The highest BCUT2D eigenvalue weighted by Crippen LogP contribution is 1.41. The number of hydrogen-bond donors (Lipinski definition) is 4. The fourth-order valence-electron chi connectivity index (χ4n) is 0. The van der Waals surface area contributed by atoms with Crippen molar-refractivity contribution in [2.75, 3.05) is 0 Å². The molecule has 0 saturated carbocycles. The van der Waals surface area contributed by atoms with Gasteiger partial charge in [-0.2, -0.15) is 0 Å². The van der Waals surface area contributed by atoms with Gasteiger partial charge < -0.3 is 19.8 Å². The van der Waals surface area contributed by atoms with E-state index in [1.165, 1.54) is 0 Å². The maximum Gasteiger partial charge on any atom is 0.235 e. The van der Waals surface area contributed by atoms with Crippen molar-refractivity contribution >= 4 is 23.6 Å². The Balaban J connectivity index is -0.000000135. The van der Waals surface area contributed by atoms with Crippen molar-refractivity contribution in [3.63, 3.8) is 0 Å². The third-order valence-corrected chi connectivity index (χ3v) is 0.167. The van der Waals surface area contributed by atoms with Crippen molar-refractivity contribution in [3.8, 4) is 0 Å². The van der Waals surface area contributed by atoms with E-state index in [0.29, 0.717) is 11.7 Å². The second-order valence-electron chi connectivity index (χ2n) is 2.06. The minimum Gasteiger partial charge on any atom is -0.543 e. The summed E-state index contributed by atoms with van der Waals surface area (Å²) in [6, 6.07) is 0. The van der Waals surface area contributed by atoms with E-state index in [9.17, 15) is 0 Å². The predicted octanol–water partition coefficient (Wildman–Crippen LogP) is -7.27. The smallest absolute Gasteiger partial charge is 0.235 e.